The highest BCUT2D eigenvalue weighted by Crippen LogP contribution is 2.41. The lowest BCUT2D eigenvalue weighted by atomic mass is 9.95. The van der Waals surface area contributed by atoms with Crippen molar-refractivity contribution in [2.45, 2.75) is 32.3 Å². The molecule has 0 heterocycles. The second-order valence-corrected chi connectivity index (χ2v) is 4.27. The molecule has 0 fully saturated rings. The Hall–Kier alpha value is -0.860. The average molecular weight is 191 g/mol. The van der Waals surface area contributed by atoms with E-state index in [2.05, 4.69) is 26.0 Å². The minimum Gasteiger partial charge on any atom is -0.388 e. The van der Waals surface area contributed by atoms with Crippen LogP contribution in [0.1, 0.15) is 40.7 Å². The van der Waals surface area contributed by atoms with Crippen molar-refractivity contribution < 1.29 is 5.11 Å². The molecule has 2 unspecified atom stereocenters. The predicted octanol–water partition coefficient (Wildman–Crippen LogP) is 1.78. The van der Waals surface area contributed by atoms with Crippen molar-refractivity contribution in [3.8, 4) is 0 Å². The maximum Gasteiger partial charge on any atom is 0.0799 e. The number of fused-ring (bicyclic) bond motifs is 1. The summed E-state index contributed by atoms with van der Waals surface area (Å²) < 4.78 is 0. The predicted molar refractivity (Wildman–Crippen MR) is 57.3 cm³/mol. The van der Waals surface area contributed by atoms with Crippen molar-refractivity contribution in [3.05, 3.63) is 34.4 Å². The Morgan fingerprint density at radius 1 is 1.43 bits per heavy atom. The Bertz CT molecular complexity index is 360. The second kappa shape index (κ2) is 3.37. The molecule has 76 valence electrons. The van der Waals surface area contributed by atoms with Gasteiger partial charge in [0.15, 0.2) is 0 Å². The largest absolute Gasteiger partial charge is 0.388 e. The molecule has 1 aromatic carbocycles. The van der Waals surface area contributed by atoms with Crippen LogP contribution in [0, 0.1) is 13.8 Å². The quantitative estimate of drug-likeness (QED) is 0.710. The molecule has 2 nitrogen and oxygen atoms in total. The summed E-state index contributed by atoms with van der Waals surface area (Å²) >= 11 is 0. The lowest BCUT2D eigenvalue weighted by molar-refractivity contribution is 0.173. The fourth-order valence-corrected chi connectivity index (χ4v) is 2.57. The summed E-state index contributed by atoms with van der Waals surface area (Å²) in [6, 6.07) is 4.25. The third kappa shape index (κ3) is 1.35. The third-order valence-corrected chi connectivity index (χ3v) is 3.12. The van der Waals surface area contributed by atoms with Gasteiger partial charge in [-0.25, -0.2) is 0 Å². The molecule has 0 bridgehead atoms. The van der Waals surface area contributed by atoms with E-state index in [0.29, 0.717) is 12.5 Å². The fourth-order valence-electron chi connectivity index (χ4n) is 2.57. The number of benzene rings is 1. The molecule has 0 aliphatic heterocycles. The molecule has 14 heavy (non-hydrogen) atoms. The van der Waals surface area contributed by atoms with Gasteiger partial charge in [0.25, 0.3) is 0 Å². The number of hydrogen-bond donors (Lipinski definition) is 2. The summed E-state index contributed by atoms with van der Waals surface area (Å²) in [5.41, 5.74) is 10.6. The highest BCUT2D eigenvalue weighted by Gasteiger charge is 2.29. The zero-order valence-electron chi connectivity index (χ0n) is 8.75. The lowest BCUT2D eigenvalue weighted by Crippen LogP contribution is -2.10. The third-order valence-electron chi connectivity index (χ3n) is 3.12. The number of aliphatic hydroxyl groups excluding tert-OH is 1. The van der Waals surface area contributed by atoms with Crippen molar-refractivity contribution in [2.24, 2.45) is 5.73 Å². The van der Waals surface area contributed by atoms with Gasteiger partial charge in [-0.2, -0.15) is 0 Å². The highest BCUT2D eigenvalue weighted by molar-refractivity contribution is 5.45. The van der Waals surface area contributed by atoms with Crippen LogP contribution in [0.2, 0.25) is 0 Å². The molecule has 0 aromatic heterocycles. The second-order valence-electron chi connectivity index (χ2n) is 4.27. The Morgan fingerprint density at radius 3 is 2.79 bits per heavy atom. The maximum absolute atomic E-state index is 9.88. The van der Waals surface area contributed by atoms with E-state index >= 15 is 0 Å². The molecular weight excluding hydrogens is 174 g/mol. The summed E-state index contributed by atoms with van der Waals surface area (Å²) in [4.78, 5) is 0. The molecule has 1 aromatic rings. The van der Waals surface area contributed by atoms with Crippen molar-refractivity contribution in [1.82, 2.24) is 0 Å². The van der Waals surface area contributed by atoms with Crippen LogP contribution < -0.4 is 5.73 Å². The van der Waals surface area contributed by atoms with E-state index in [1.165, 1.54) is 16.7 Å². The minimum absolute atomic E-state index is 0.308. The van der Waals surface area contributed by atoms with Gasteiger partial charge in [-0.3, -0.25) is 0 Å². The molecule has 0 saturated heterocycles. The molecule has 2 atom stereocenters. The van der Waals surface area contributed by atoms with Crippen LogP contribution in [0.4, 0.5) is 0 Å². The van der Waals surface area contributed by atoms with E-state index < -0.39 is 0 Å². The number of aliphatic hydroxyl groups is 1. The summed E-state index contributed by atoms with van der Waals surface area (Å²) in [6.07, 6.45) is 0.480. The van der Waals surface area contributed by atoms with Crippen LogP contribution in [-0.2, 0) is 0 Å². The summed E-state index contributed by atoms with van der Waals surface area (Å²) in [5, 5.41) is 9.88. The molecule has 1 aliphatic rings. The molecule has 0 spiro atoms. The first kappa shape index (κ1) is 9.69. The topological polar surface area (TPSA) is 46.2 Å². The maximum atomic E-state index is 9.88. The average Bonchev–Trinajstić information content (AvgIpc) is 2.43. The first-order valence-electron chi connectivity index (χ1n) is 5.12. The van der Waals surface area contributed by atoms with E-state index in [0.717, 1.165) is 12.0 Å². The van der Waals surface area contributed by atoms with Crippen molar-refractivity contribution in [1.29, 1.82) is 0 Å². The number of rotatable bonds is 1. The van der Waals surface area contributed by atoms with Gasteiger partial charge in [-0.1, -0.05) is 17.7 Å². The van der Waals surface area contributed by atoms with Crippen molar-refractivity contribution in [2.75, 3.05) is 6.54 Å². The van der Waals surface area contributed by atoms with Gasteiger partial charge in [-0.15, -0.1) is 0 Å². The lowest BCUT2D eigenvalue weighted by Gasteiger charge is -2.11. The highest BCUT2D eigenvalue weighted by atomic mass is 16.3. The van der Waals surface area contributed by atoms with Gasteiger partial charge < -0.3 is 10.8 Å². The Morgan fingerprint density at radius 2 is 2.14 bits per heavy atom. The number of nitrogens with two attached hydrogens (primary N) is 1. The Labute approximate surface area is 84.7 Å². The van der Waals surface area contributed by atoms with Crippen LogP contribution in [-0.4, -0.2) is 11.7 Å². The van der Waals surface area contributed by atoms with Gasteiger partial charge >= 0.3 is 0 Å². The smallest absolute Gasteiger partial charge is 0.0799 e. The Balaban J connectivity index is 2.56. The summed E-state index contributed by atoms with van der Waals surface area (Å²) in [7, 11) is 0. The summed E-state index contributed by atoms with van der Waals surface area (Å²) in [5.74, 6) is 0.348. The zero-order chi connectivity index (χ0) is 10.3. The van der Waals surface area contributed by atoms with Crippen LogP contribution in [0.5, 0.6) is 0 Å². The van der Waals surface area contributed by atoms with Crippen LogP contribution in [0.3, 0.4) is 0 Å². The summed E-state index contributed by atoms with van der Waals surface area (Å²) in [6.45, 7) is 4.80. The first-order valence-corrected chi connectivity index (χ1v) is 5.12. The molecule has 0 radical (unpaired) electrons. The molecule has 0 amide bonds. The molecule has 0 saturated carbocycles. The molecule has 2 heteroatoms. The van der Waals surface area contributed by atoms with E-state index in [4.69, 9.17) is 5.73 Å². The molecule has 1 aliphatic carbocycles. The molecular formula is C12H17NO. The normalized spacial score (nSPS) is 25.1. The van der Waals surface area contributed by atoms with E-state index in [1.54, 1.807) is 0 Å². The Kier molecular flexibility index (Phi) is 2.33. The fraction of sp³-hybridized carbons (Fsp3) is 0.500. The standard InChI is InChI=1S/C12H17NO/c1-7-3-8(2)12-9(6-13)5-11(14)10(12)4-7/h3-4,9,11,14H,5-6,13H2,1-2H3. The van der Waals surface area contributed by atoms with Gasteiger partial charge in [0, 0.05) is 0 Å². The SMILES string of the molecule is Cc1cc(C)c2c(c1)C(O)CC2CN. The minimum atomic E-state index is -0.308. The van der Waals surface area contributed by atoms with Crippen LogP contribution >= 0.6 is 0 Å². The van der Waals surface area contributed by atoms with Gasteiger partial charge in [0.1, 0.15) is 0 Å². The van der Waals surface area contributed by atoms with Gasteiger partial charge in [0.05, 0.1) is 6.10 Å². The van der Waals surface area contributed by atoms with Crippen molar-refractivity contribution in [3.63, 3.8) is 0 Å². The number of hydrogen-bond acceptors (Lipinski definition) is 2. The van der Waals surface area contributed by atoms with Gasteiger partial charge in [-0.05, 0) is 49.4 Å². The number of aryl methyl sites for hydroxylation is 2. The zero-order valence-corrected chi connectivity index (χ0v) is 8.75. The van der Waals surface area contributed by atoms with Crippen molar-refractivity contribution >= 4 is 0 Å². The monoisotopic (exact) mass is 191 g/mol. The van der Waals surface area contributed by atoms with E-state index in [9.17, 15) is 5.11 Å². The first-order chi connectivity index (χ1) is 6.63. The van der Waals surface area contributed by atoms with E-state index in [1.807, 2.05) is 0 Å². The molecule has 3 N–H and O–H groups in total. The van der Waals surface area contributed by atoms with Crippen LogP contribution in [0.15, 0.2) is 12.1 Å². The van der Waals surface area contributed by atoms with E-state index in [-0.39, 0.29) is 6.10 Å². The van der Waals surface area contributed by atoms with Gasteiger partial charge in [0.2, 0.25) is 0 Å². The molecule has 2 rings (SSSR count). The van der Waals surface area contributed by atoms with Crippen LogP contribution in [0.25, 0.3) is 0 Å².